The fourth-order valence-electron chi connectivity index (χ4n) is 3.03. The van der Waals surface area contributed by atoms with E-state index in [1.54, 1.807) is 0 Å². The molecule has 1 heterocycles. The number of aromatic nitrogens is 1. The van der Waals surface area contributed by atoms with Crippen LogP contribution < -0.4 is 0 Å². The number of hydrogen-bond acceptors (Lipinski definition) is 1. The van der Waals surface area contributed by atoms with Gasteiger partial charge in [-0.2, -0.15) is 0 Å². The van der Waals surface area contributed by atoms with Crippen LogP contribution in [0.5, 0.6) is 0 Å². The van der Waals surface area contributed by atoms with Crippen LogP contribution in [0.2, 0.25) is 0 Å². The van der Waals surface area contributed by atoms with Gasteiger partial charge < -0.3 is 0 Å². The topological polar surface area (TPSA) is 12.9 Å². The second kappa shape index (κ2) is 16.3. The monoisotopic (exact) mass is 339 g/mol. The minimum absolute atomic E-state index is 0. The zero-order valence-electron chi connectivity index (χ0n) is 15.5. The number of halogens is 1. The Kier molecular flexibility index (Phi) is 15.9. The van der Waals surface area contributed by atoms with E-state index in [4.69, 9.17) is 0 Å². The van der Waals surface area contributed by atoms with Gasteiger partial charge in [-0.05, 0) is 37.0 Å². The van der Waals surface area contributed by atoms with Crippen LogP contribution >= 0.6 is 12.4 Å². The predicted octanol–water partition coefficient (Wildman–Crippen LogP) is 7.31. The zero-order chi connectivity index (χ0) is 15.9. The Morgan fingerprint density at radius 2 is 1.26 bits per heavy atom. The molecule has 0 saturated carbocycles. The molecule has 0 aromatic carbocycles. The molecule has 1 aromatic heterocycles. The van der Waals surface area contributed by atoms with Crippen molar-refractivity contribution in [1.82, 2.24) is 4.98 Å². The minimum atomic E-state index is 0. The maximum absolute atomic E-state index is 4.48. The van der Waals surface area contributed by atoms with Gasteiger partial charge in [0, 0.05) is 11.9 Å². The van der Waals surface area contributed by atoms with E-state index in [9.17, 15) is 0 Å². The number of nitrogens with zero attached hydrogens (tertiary/aromatic N) is 1. The van der Waals surface area contributed by atoms with Gasteiger partial charge in [0.15, 0.2) is 0 Å². The Labute approximate surface area is 151 Å². The van der Waals surface area contributed by atoms with E-state index in [2.05, 4.69) is 31.0 Å². The maximum atomic E-state index is 4.48. The maximum Gasteiger partial charge on any atom is 0.0406 e. The molecule has 0 saturated heterocycles. The highest BCUT2D eigenvalue weighted by molar-refractivity contribution is 5.85. The molecular formula is C21H38ClN. The van der Waals surface area contributed by atoms with Crippen molar-refractivity contribution in [2.75, 3.05) is 0 Å². The molecule has 0 bridgehead atoms. The molecule has 0 aliphatic carbocycles. The van der Waals surface area contributed by atoms with E-state index in [0.717, 1.165) is 12.8 Å². The zero-order valence-corrected chi connectivity index (χ0v) is 16.3. The van der Waals surface area contributed by atoms with Gasteiger partial charge >= 0.3 is 0 Å². The second-order valence-electron chi connectivity index (χ2n) is 6.65. The highest BCUT2D eigenvalue weighted by atomic mass is 35.5. The summed E-state index contributed by atoms with van der Waals surface area (Å²) in [5.74, 6) is 0. The molecule has 0 spiro atoms. The molecule has 1 rings (SSSR count). The van der Waals surface area contributed by atoms with Gasteiger partial charge in [-0.1, -0.05) is 84.5 Å². The lowest BCUT2D eigenvalue weighted by Gasteiger charge is -2.04. The third-order valence-electron chi connectivity index (χ3n) is 4.58. The van der Waals surface area contributed by atoms with E-state index in [-0.39, 0.29) is 12.4 Å². The largest absolute Gasteiger partial charge is 0.261 e. The van der Waals surface area contributed by atoms with Crippen molar-refractivity contribution in [3.8, 4) is 0 Å². The Hall–Kier alpha value is -0.560. The van der Waals surface area contributed by atoms with E-state index in [0.29, 0.717) is 0 Å². The number of aryl methyl sites for hydroxylation is 2. The molecule has 134 valence electrons. The van der Waals surface area contributed by atoms with E-state index < -0.39 is 0 Å². The number of pyridine rings is 1. The van der Waals surface area contributed by atoms with Crippen LogP contribution in [0, 0.1) is 0 Å². The fourth-order valence-corrected chi connectivity index (χ4v) is 3.03. The molecule has 0 radical (unpaired) electrons. The first-order valence-electron chi connectivity index (χ1n) is 9.80. The van der Waals surface area contributed by atoms with Gasteiger partial charge in [-0.25, -0.2) is 0 Å². The molecule has 2 heteroatoms. The van der Waals surface area contributed by atoms with Crippen LogP contribution in [0.25, 0.3) is 0 Å². The quantitative estimate of drug-likeness (QED) is 0.324. The molecule has 23 heavy (non-hydrogen) atoms. The highest BCUT2D eigenvalue weighted by Crippen LogP contribution is 2.13. The van der Waals surface area contributed by atoms with Crippen molar-refractivity contribution in [3.05, 3.63) is 29.6 Å². The average molecular weight is 340 g/mol. The summed E-state index contributed by atoms with van der Waals surface area (Å²) in [4.78, 5) is 4.48. The number of unbranched alkanes of at least 4 members (excludes halogenated alkanes) is 11. The summed E-state index contributed by atoms with van der Waals surface area (Å²) in [5.41, 5.74) is 2.70. The first-order valence-corrected chi connectivity index (χ1v) is 9.80. The van der Waals surface area contributed by atoms with E-state index >= 15 is 0 Å². The lowest BCUT2D eigenvalue weighted by atomic mass is 10.0. The third-order valence-corrected chi connectivity index (χ3v) is 4.58. The van der Waals surface area contributed by atoms with Crippen molar-refractivity contribution in [2.45, 2.75) is 104 Å². The molecule has 0 aliphatic rings. The van der Waals surface area contributed by atoms with Crippen LogP contribution in [-0.2, 0) is 12.8 Å². The molecule has 0 atom stereocenters. The Balaban J connectivity index is 0.00000484. The molecule has 0 N–H and O–H groups in total. The molecule has 0 aliphatic heterocycles. The normalized spacial score (nSPS) is 10.5. The second-order valence-corrected chi connectivity index (χ2v) is 6.65. The van der Waals surface area contributed by atoms with Gasteiger partial charge in [-0.15, -0.1) is 12.4 Å². The molecular weight excluding hydrogens is 302 g/mol. The molecule has 0 fully saturated rings. The average Bonchev–Trinajstić information content (AvgIpc) is 2.56. The smallest absolute Gasteiger partial charge is 0.0406 e. The highest BCUT2D eigenvalue weighted by Gasteiger charge is 1.97. The van der Waals surface area contributed by atoms with Gasteiger partial charge in [0.1, 0.15) is 0 Å². The van der Waals surface area contributed by atoms with Gasteiger partial charge in [0.05, 0.1) is 0 Å². The standard InChI is InChI=1S/C21H37N.ClH/c1-3-5-6-7-8-9-10-11-12-13-14-15-16-21-19-20(4-2)17-18-22-21;/h17-19H,3-16H2,1-2H3;1H. The predicted molar refractivity (Wildman–Crippen MR) is 106 cm³/mol. The van der Waals surface area contributed by atoms with Gasteiger partial charge in [0.25, 0.3) is 0 Å². The Bertz CT molecular complexity index is 365. The first kappa shape index (κ1) is 22.4. The Morgan fingerprint density at radius 1 is 0.739 bits per heavy atom. The molecule has 1 nitrogen and oxygen atoms in total. The first-order chi connectivity index (χ1) is 10.9. The molecule has 0 unspecified atom stereocenters. The van der Waals surface area contributed by atoms with E-state index in [1.807, 2.05) is 6.20 Å². The van der Waals surface area contributed by atoms with E-state index in [1.165, 1.54) is 88.3 Å². The van der Waals surface area contributed by atoms with Crippen molar-refractivity contribution in [2.24, 2.45) is 0 Å². The van der Waals surface area contributed by atoms with Crippen molar-refractivity contribution in [3.63, 3.8) is 0 Å². The summed E-state index contributed by atoms with van der Waals surface area (Å²) in [6.45, 7) is 4.50. The van der Waals surface area contributed by atoms with Crippen LogP contribution in [-0.4, -0.2) is 4.98 Å². The molecule has 0 amide bonds. The summed E-state index contributed by atoms with van der Waals surface area (Å²) in [5, 5.41) is 0. The van der Waals surface area contributed by atoms with Crippen molar-refractivity contribution < 1.29 is 0 Å². The van der Waals surface area contributed by atoms with Crippen LogP contribution in [0.4, 0.5) is 0 Å². The van der Waals surface area contributed by atoms with Crippen LogP contribution in [0.3, 0.4) is 0 Å². The molecule has 1 aromatic rings. The third kappa shape index (κ3) is 12.5. The van der Waals surface area contributed by atoms with Gasteiger partial charge in [0.2, 0.25) is 0 Å². The lowest BCUT2D eigenvalue weighted by Crippen LogP contribution is -1.92. The van der Waals surface area contributed by atoms with Crippen molar-refractivity contribution >= 4 is 12.4 Å². The summed E-state index contributed by atoms with van der Waals surface area (Å²) in [7, 11) is 0. The number of rotatable bonds is 14. The summed E-state index contributed by atoms with van der Waals surface area (Å²) < 4.78 is 0. The lowest BCUT2D eigenvalue weighted by molar-refractivity contribution is 0.543. The Morgan fingerprint density at radius 3 is 1.78 bits per heavy atom. The van der Waals surface area contributed by atoms with Gasteiger partial charge in [-0.3, -0.25) is 4.98 Å². The fraction of sp³-hybridized carbons (Fsp3) is 0.762. The van der Waals surface area contributed by atoms with Crippen LogP contribution in [0.1, 0.15) is 102 Å². The SMILES string of the molecule is CCCCCCCCCCCCCCc1cc(CC)ccn1.Cl. The summed E-state index contributed by atoms with van der Waals surface area (Å²) in [6, 6.07) is 4.41. The van der Waals surface area contributed by atoms with Crippen LogP contribution in [0.15, 0.2) is 18.3 Å². The van der Waals surface area contributed by atoms with Crippen molar-refractivity contribution in [1.29, 1.82) is 0 Å². The summed E-state index contributed by atoms with van der Waals surface area (Å²) >= 11 is 0. The summed E-state index contributed by atoms with van der Waals surface area (Å²) in [6.07, 6.45) is 21.2. The number of hydrogen-bond donors (Lipinski definition) is 0. The minimum Gasteiger partial charge on any atom is -0.261 e.